The number of nitrogens with zero attached hydrogens (tertiary/aromatic N) is 3. The van der Waals surface area contributed by atoms with Crippen molar-refractivity contribution >= 4 is 23.0 Å². The van der Waals surface area contributed by atoms with Crippen LogP contribution >= 0.6 is 11.3 Å². The Kier molecular flexibility index (Phi) is 5.58. The van der Waals surface area contributed by atoms with Crippen molar-refractivity contribution in [2.45, 2.75) is 39.8 Å². The van der Waals surface area contributed by atoms with Gasteiger partial charge in [-0.1, -0.05) is 18.2 Å². The number of fused-ring (bicyclic) bond motifs is 1. The van der Waals surface area contributed by atoms with Gasteiger partial charge in [-0.15, -0.1) is 11.3 Å². The molecule has 2 heterocycles. The number of anilines is 1. The van der Waals surface area contributed by atoms with E-state index in [1.807, 2.05) is 14.0 Å². The maximum Gasteiger partial charge on any atom is 0.191 e. The van der Waals surface area contributed by atoms with E-state index in [2.05, 4.69) is 63.6 Å². The van der Waals surface area contributed by atoms with Gasteiger partial charge in [0.25, 0.3) is 0 Å². The number of thiazole rings is 1. The SMILES string of the molecule is CN=C(NCCN1c2ccccc2CC1C)NCc1sc(C)nc1C. The van der Waals surface area contributed by atoms with Crippen LogP contribution in [-0.2, 0) is 13.0 Å². The van der Waals surface area contributed by atoms with E-state index < -0.39 is 0 Å². The lowest BCUT2D eigenvalue weighted by molar-refractivity contribution is 0.656. The van der Waals surface area contributed by atoms with Gasteiger partial charge in [0.1, 0.15) is 0 Å². The zero-order chi connectivity index (χ0) is 17.8. The molecule has 0 radical (unpaired) electrons. The topological polar surface area (TPSA) is 52.6 Å². The van der Waals surface area contributed by atoms with Crippen LogP contribution in [0, 0.1) is 13.8 Å². The zero-order valence-corrected chi connectivity index (χ0v) is 16.3. The molecule has 3 rings (SSSR count). The molecule has 2 N–H and O–H groups in total. The Balaban J connectivity index is 1.50. The lowest BCUT2D eigenvalue weighted by Crippen LogP contribution is -2.42. The summed E-state index contributed by atoms with van der Waals surface area (Å²) >= 11 is 1.74. The van der Waals surface area contributed by atoms with Crippen LogP contribution in [-0.4, -0.2) is 37.1 Å². The fourth-order valence-corrected chi connectivity index (χ4v) is 4.26. The van der Waals surface area contributed by atoms with Crippen molar-refractivity contribution < 1.29 is 0 Å². The van der Waals surface area contributed by atoms with Crippen molar-refractivity contribution in [1.82, 2.24) is 15.6 Å². The van der Waals surface area contributed by atoms with E-state index in [0.717, 1.165) is 42.7 Å². The second kappa shape index (κ2) is 7.87. The Morgan fingerprint density at radius 3 is 2.84 bits per heavy atom. The summed E-state index contributed by atoms with van der Waals surface area (Å²) in [4.78, 5) is 12.5. The number of hydrogen-bond acceptors (Lipinski definition) is 4. The molecule has 2 aromatic rings. The van der Waals surface area contributed by atoms with Gasteiger partial charge in [0.2, 0.25) is 0 Å². The Bertz CT molecular complexity index is 752. The monoisotopic (exact) mass is 357 g/mol. The van der Waals surface area contributed by atoms with Crippen LogP contribution in [0.15, 0.2) is 29.3 Å². The van der Waals surface area contributed by atoms with Gasteiger partial charge in [-0.2, -0.15) is 0 Å². The first-order valence-corrected chi connectivity index (χ1v) is 9.62. The Labute approximate surface area is 154 Å². The van der Waals surface area contributed by atoms with E-state index in [1.54, 1.807) is 11.3 Å². The minimum atomic E-state index is 0.553. The van der Waals surface area contributed by atoms with Crippen molar-refractivity contribution in [2.24, 2.45) is 4.99 Å². The van der Waals surface area contributed by atoms with E-state index in [1.165, 1.54) is 16.1 Å². The number of aryl methyl sites for hydroxylation is 2. The summed E-state index contributed by atoms with van der Waals surface area (Å²) in [6.45, 7) is 8.99. The lowest BCUT2D eigenvalue weighted by Gasteiger charge is -2.25. The Hall–Kier alpha value is -2.08. The van der Waals surface area contributed by atoms with Crippen molar-refractivity contribution in [2.75, 3.05) is 25.0 Å². The molecule has 0 spiro atoms. The van der Waals surface area contributed by atoms with Gasteiger partial charge in [0.15, 0.2) is 5.96 Å². The van der Waals surface area contributed by atoms with Gasteiger partial charge in [-0.25, -0.2) is 4.98 Å². The molecule has 6 heteroatoms. The molecular formula is C19H27N5S. The van der Waals surface area contributed by atoms with E-state index in [0.29, 0.717) is 6.04 Å². The van der Waals surface area contributed by atoms with Crippen LogP contribution in [0.5, 0.6) is 0 Å². The van der Waals surface area contributed by atoms with Crippen LogP contribution < -0.4 is 15.5 Å². The van der Waals surface area contributed by atoms with Crippen LogP contribution in [0.25, 0.3) is 0 Å². The molecule has 0 aliphatic carbocycles. The highest BCUT2D eigenvalue weighted by Crippen LogP contribution is 2.31. The number of para-hydroxylation sites is 1. The fourth-order valence-electron chi connectivity index (χ4n) is 3.39. The second-order valence-electron chi connectivity index (χ2n) is 6.47. The average molecular weight is 358 g/mol. The largest absolute Gasteiger partial charge is 0.367 e. The van der Waals surface area contributed by atoms with Gasteiger partial charge < -0.3 is 15.5 Å². The van der Waals surface area contributed by atoms with Crippen LogP contribution in [0.1, 0.15) is 28.1 Å². The normalized spacial score (nSPS) is 16.9. The van der Waals surface area contributed by atoms with Gasteiger partial charge in [0.05, 0.1) is 17.2 Å². The third-order valence-electron chi connectivity index (χ3n) is 4.63. The first kappa shape index (κ1) is 17.7. The summed E-state index contributed by atoms with van der Waals surface area (Å²) in [7, 11) is 1.81. The number of aromatic nitrogens is 1. The van der Waals surface area contributed by atoms with Gasteiger partial charge in [0, 0.05) is 36.7 Å². The van der Waals surface area contributed by atoms with Crippen LogP contribution in [0.3, 0.4) is 0 Å². The smallest absolute Gasteiger partial charge is 0.191 e. The van der Waals surface area contributed by atoms with Gasteiger partial charge >= 0.3 is 0 Å². The Morgan fingerprint density at radius 2 is 2.12 bits per heavy atom. The first-order chi connectivity index (χ1) is 12.1. The van der Waals surface area contributed by atoms with Crippen molar-refractivity contribution in [3.05, 3.63) is 45.4 Å². The highest BCUT2D eigenvalue weighted by molar-refractivity contribution is 7.11. The van der Waals surface area contributed by atoms with Gasteiger partial charge in [-0.3, -0.25) is 4.99 Å². The number of rotatable bonds is 5. The number of benzene rings is 1. The number of guanidine groups is 1. The molecule has 25 heavy (non-hydrogen) atoms. The van der Waals surface area contributed by atoms with Crippen molar-refractivity contribution in [3.8, 4) is 0 Å². The third kappa shape index (κ3) is 4.12. The summed E-state index contributed by atoms with van der Waals surface area (Å²) < 4.78 is 0. The zero-order valence-electron chi connectivity index (χ0n) is 15.5. The first-order valence-electron chi connectivity index (χ1n) is 8.80. The van der Waals surface area contributed by atoms with E-state index in [-0.39, 0.29) is 0 Å². The van der Waals surface area contributed by atoms with E-state index in [4.69, 9.17) is 0 Å². The highest BCUT2D eigenvalue weighted by Gasteiger charge is 2.24. The average Bonchev–Trinajstić information content (AvgIpc) is 3.09. The Morgan fingerprint density at radius 1 is 1.32 bits per heavy atom. The minimum Gasteiger partial charge on any atom is -0.367 e. The van der Waals surface area contributed by atoms with Gasteiger partial charge in [-0.05, 0) is 38.8 Å². The molecule has 1 aromatic heterocycles. The highest BCUT2D eigenvalue weighted by atomic mass is 32.1. The summed E-state index contributed by atoms with van der Waals surface area (Å²) in [5.41, 5.74) is 3.93. The summed E-state index contributed by atoms with van der Waals surface area (Å²) in [6.07, 6.45) is 1.13. The lowest BCUT2D eigenvalue weighted by atomic mass is 10.1. The molecule has 5 nitrogen and oxygen atoms in total. The molecule has 1 atom stereocenters. The molecule has 0 amide bonds. The quantitative estimate of drug-likeness (QED) is 0.638. The van der Waals surface area contributed by atoms with Crippen LogP contribution in [0.2, 0.25) is 0 Å². The summed E-state index contributed by atoms with van der Waals surface area (Å²) in [5.74, 6) is 0.839. The maximum atomic E-state index is 4.47. The molecule has 0 saturated carbocycles. The minimum absolute atomic E-state index is 0.553. The predicted octanol–water partition coefficient (Wildman–Crippen LogP) is 2.88. The maximum absolute atomic E-state index is 4.47. The third-order valence-corrected chi connectivity index (χ3v) is 5.71. The molecule has 1 unspecified atom stereocenters. The van der Waals surface area contributed by atoms with Crippen molar-refractivity contribution in [1.29, 1.82) is 0 Å². The standard InChI is InChI=1S/C19H27N5S/c1-13-11-16-7-5-6-8-17(16)24(13)10-9-21-19(20-4)22-12-18-14(2)23-15(3)25-18/h5-8,13H,9-12H2,1-4H3,(H2,20,21,22). The summed E-state index contributed by atoms with van der Waals surface area (Å²) in [6, 6.07) is 9.26. The fraction of sp³-hybridized carbons (Fsp3) is 0.474. The van der Waals surface area contributed by atoms with Crippen LogP contribution in [0.4, 0.5) is 5.69 Å². The molecule has 1 aliphatic rings. The van der Waals surface area contributed by atoms with E-state index >= 15 is 0 Å². The molecule has 134 valence electrons. The number of aliphatic imine (C=N–C) groups is 1. The second-order valence-corrected chi connectivity index (χ2v) is 7.76. The van der Waals surface area contributed by atoms with E-state index in [9.17, 15) is 0 Å². The molecular weight excluding hydrogens is 330 g/mol. The molecule has 1 aliphatic heterocycles. The molecule has 0 fully saturated rings. The number of hydrogen-bond donors (Lipinski definition) is 2. The van der Waals surface area contributed by atoms with Crippen molar-refractivity contribution in [3.63, 3.8) is 0 Å². The summed E-state index contributed by atoms with van der Waals surface area (Å²) in [5, 5.41) is 7.92. The predicted molar refractivity (Wildman–Crippen MR) is 107 cm³/mol. The molecule has 0 bridgehead atoms. The molecule has 0 saturated heterocycles. The number of nitrogens with one attached hydrogen (secondary N) is 2. The molecule has 1 aromatic carbocycles.